The highest BCUT2D eigenvalue weighted by atomic mass is 35.5. The molecule has 2 aromatic carbocycles. The lowest BCUT2D eigenvalue weighted by Gasteiger charge is -2.12. The van der Waals surface area contributed by atoms with E-state index in [1.807, 2.05) is 13.0 Å². The number of benzene rings is 2. The molecule has 106 valence electrons. The van der Waals surface area contributed by atoms with Crippen LogP contribution in [0.2, 0.25) is 5.02 Å². The van der Waals surface area contributed by atoms with Crippen molar-refractivity contribution in [3.63, 3.8) is 0 Å². The van der Waals surface area contributed by atoms with Crippen LogP contribution in [0.3, 0.4) is 0 Å². The lowest BCUT2D eigenvalue weighted by atomic mass is 10.1. The molecule has 2 aromatic rings. The first-order valence-electron chi connectivity index (χ1n) is 6.32. The van der Waals surface area contributed by atoms with Crippen molar-refractivity contribution in [3.8, 4) is 5.75 Å². The van der Waals surface area contributed by atoms with Crippen LogP contribution >= 0.6 is 11.6 Å². The number of aliphatic hydroxyl groups excluding tert-OH is 1. The lowest BCUT2D eigenvalue weighted by Crippen LogP contribution is -2.01. The lowest BCUT2D eigenvalue weighted by molar-refractivity contribution is 0.199. The Hall–Kier alpha value is -1.58. The fourth-order valence-electron chi connectivity index (χ4n) is 1.90. The summed E-state index contributed by atoms with van der Waals surface area (Å²) in [5.74, 6) is 0.321. The second-order valence-corrected chi connectivity index (χ2v) is 5.16. The van der Waals surface area contributed by atoms with Gasteiger partial charge >= 0.3 is 0 Å². The van der Waals surface area contributed by atoms with Crippen molar-refractivity contribution >= 4 is 11.6 Å². The van der Waals surface area contributed by atoms with E-state index in [1.54, 1.807) is 25.1 Å². The van der Waals surface area contributed by atoms with Crippen LogP contribution in [0, 0.1) is 12.7 Å². The molecule has 2 nitrogen and oxygen atoms in total. The fraction of sp³-hybridized carbons (Fsp3) is 0.250. The van der Waals surface area contributed by atoms with Gasteiger partial charge in [0, 0.05) is 10.6 Å². The summed E-state index contributed by atoms with van der Waals surface area (Å²) in [4.78, 5) is 0. The van der Waals surface area contributed by atoms with Gasteiger partial charge in [0.15, 0.2) is 0 Å². The second kappa shape index (κ2) is 6.25. The van der Waals surface area contributed by atoms with Crippen LogP contribution in [0.4, 0.5) is 4.39 Å². The fourth-order valence-corrected chi connectivity index (χ4v) is 2.10. The van der Waals surface area contributed by atoms with Crippen LogP contribution in [0.15, 0.2) is 36.4 Å². The second-order valence-electron chi connectivity index (χ2n) is 4.73. The topological polar surface area (TPSA) is 29.5 Å². The molecule has 0 amide bonds. The molecule has 0 saturated heterocycles. The molecule has 0 bridgehead atoms. The molecule has 2 rings (SSSR count). The van der Waals surface area contributed by atoms with Crippen LogP contribution in [-0.4, -0.2) is 5.11 Å². The number of aliphatic hydroxyl groups is 1. The number of rotatable bonds is 4. The van der Waals surface area contributed by atoms with Gasteiger partial charge in [-0.2, -0.15) is 0 Å². The Kier molecular flexibility index (Phi) is 4.63. The third-order valence-electron chi connectivity index (χ3n) is 3.07. The first-order valence-corrected chi connectivity index (χ1v) is 6.70. The van der Waals surface area contributed by atoms with Crippen molar-refractivity contribution in [1.82, 2.24) is 0 Å². The molecule has 0 fully saturated rings. The van der Waals surface area contributed by atoms with Crippen molar-refractivity contribution in [1.29, 1.82) is 0 Å². The molecule has 4 heteroatoms. The summed E-state index contributed by atoms with van der Waals surface area (Å²) in [7, 11) is 0. The summed E-state index contributed by atoms with van der Waals surface area (Å²) in [6.07, 6.45) is -0.520. The zero-order valence-electron chi connectivity index (χ0n) is 11.4. The van der Waals surface area contributed by atoms with Crippen LogP contribution < -0.4 is 4.74 Å². The van der Waals surface area contributed by atoms with Gasteiger partial charge < -0.3 is 9.84 Å². The van der Waals surface area contributed by atoms with Gasteiger partial charge in [0.05, 0.1) is 6.10 Å². The molecule has 0 aliphatic rings. The van der Waals surface area contributed by atoms with Gasteiger partial charge in [-0.3, -0.25) is 0 Å². The molecule has 1 atom stereocenters. The van der Waals surface area contributed by atoms with Crippen molar-refractivity contribution in [2.75, 3.05) is 0 Å². The Morgan fingerprint density at radius 3 is 2.65 bits per heavy atom. The van der Waals surface area contributed by atoms with Crippen LogP contribution in [-0.2, 0) is 6.61 Å². The number of hydrogen-bond donors (Lipinski definition) is 1. The van der Waals surface area contributed by atoms with Crippen molar-refractivity contribution in [2.24, 2.45) is 0 Å². The highest BCUT2D eigenvalue weighted by Crippen LogP contribution is 2.24. The van der Waals surface area contributed by atoms with E-state index in [1.165, 1.54) is 12.1 Å². The van der Waals surface area contributed by atoms with Gasteiger partial charge in [0.2, 0.25) is 0 Å². The van der Waals surface area contributed by atoms with Crippen molar-refractivity contribution in [2.45, 2.75) is 26.6 Å². The summed E-state index contributed by atoms with van der Waals surface area (Å²) < 4.78 is 19.2. The van der Waals surface area contributed by atoms with Gasteiger partial charge in [-0.25, -0.2) is 4.39 Å². The molecule has 0 spiro atoms. The first kappa shape index (κ1) is 14.8. The highest BCUT2D eigenvalue weighted by Gasteiger charge is 2.08. The minimum absolute atomic E-state index is 0.112. The molecule has 0 saturated carbocycles. The smallest absolute Gasteiger partial charge is 0.129 e. The van der Waals surface area contributed by atoms with E-state index in [0.717, 1.165) is 11.1 Å². The minimum Gasteiger partial charge on any atom is -0.489 e. The predicted octanol–water partition coefficient (Wildman–Crippen LogP) is 4.42. The molecule has 0 aliphatic carbocycles. The van der Waals surface area contributed by atoms with E-state index in [2.05, 4.69) is 0 Å². The zero-order chi connectivity index (χ0) is 14.7. The van der Waals surface area contributed by atoms with Gasteiger partial charge in [-0.1, -0.05) is 17.7 Å². The summed E-state index contributed by atoms with van der Waals surface area (Å²) in [6, 6.07) is 9.80. The van der Waals surface area contributed by atoms with Crippen molar-refractivity contribution in [3.05, 3.63) is 63.9 Å². The Bertz CT molecular complexity index is 611. The quantitative estimate of drug-likeness (QED) is 0.904. The average molecular weight is 295 g/mol. The van der Waals surface area contributed by atoms with Crippen LogP contribution in [0.5, 0.6) is 5.75 Å². The number of ether oxygens (including phenoxy) is 1. The van der Waals surface area contributed by atoms with Crippen molar-refractivity contribution < 1.29 is 14.2 Å². The van der Waals surface area contributed by atoms with Gasteiger partial charge in [0.1, 0.15) is 18.2 Å². The van der Waals surface area contributed by atoms with Gasteiger partial charge in [-0.05, 0) is 55.3 Å². The predicted molar refractivity (Wildman–Crippen MR) is 77.6 cm³/mol. The zero-order valence-corrected chi connectivity index (χ0v) is 12.1. The molecule has 0 radical (unpaired) electrons. The number of hydrogen-bond acceptors (Lipinski definition) is 2. The molecule has 0 unspecified atom stereocenters. The van der Waals surface area contributed by atoms with E-state index in [4.69, 9.17) is 16.3 Å². The largest absolute Gasteiger partial charge is 0.489 e. The van der Waals surface area contributed by atoms with Crippen LogP contribution in [0.25, 0.3) is 0 Å². The Balaban J connectivity index is 2.13. The van der Waals surface area contributed by atoms with E-state index in [9.17, 15) is 9.50 Å². The number of halogens is 2. The normalized spacial score (nSPS) is 12.2. The van der Waals surface area contributed by atoms with Gasteiger partial charge in [-0.15, -0.1) is 0 Å². The monoisotopic (exact) mass is 294 g/mol. The molecule has 0 aromatic heterocycles. The highest BCUT2D eigenvalue weighted by molar-refractivity contribution is 6.30. The molecule has 1 N–H and O–H groups in total. The molecular weight excluding hydrogens is 279 g/mol. The van der Waals surface area contributed by atoms with Crippen LogP contribution in [0.1, 0.15) is 29.7 Å². The third-order valence-corrected chi connectivity index (χ3v) is 3.31. The maximum atomic E-state index is 13.6. The number of aryl methyl sites for hydroxylation is 1. The molecule has 0 heterocycles. The Labute approximate surface area is 122 Å². The SMILES string of the molecule is Cc1cc([C@@H](C)O)ccc1OCc1cc(Cl)ccc1F. The summed E-state index contributed by atoms with van der Waals surface area (Å²) in [5.41, 5.74) is 2.13. The first-order chi connectivity index (χ1) is 9.47. The van der Waals surface area contributed by atoms with E-state index >= 15 is 0 Å². The Morgan fingerprint density at radius 1 is 1.25 bits per heavy atom. The summed E-state index contributed by atoms with van der Waals surface area (Å²) in [5, 5.41) is 9.99. The van der Waals surface area contributed by atoms with Gasteiger partial charge in [0.25, 0.3) is 0 Å². The average Bonchev–Trinajstić information content (AvgIpc) is 2.40. The molecule has 20 heavy (non-hydrogen) atoms. The maximum Gasteiger partial charge on any atom is 0.129 e. The summed E-state index contributed by atoms with van der Waals surface area (Å²) in [6.45, 7) is 3.70. The standard InChI is InChI=1S/C16H16ClFO2/c1-10-7-12(11(2)19)3-6-16(10)20-9-13-8-14(17)4-5-15(13)18/h3-8,11,19H,9H2,1-2H3/t11-/m1/s1. The summed E-state index contributed by atoms with van der Waals surface area (Å²) >= 11 is 5.84. The maximum absolute atomic E-state index is 13.6. The van der Waals surface area contributed by atoms with E-state index < -0.39 is 6.10 Å². The van der Waals surface area contributed by atoms with E-state index in [-0.39, 0.29) is 12.4 Å². The van der Waals surface area contributed by atoms with E-state index in [0.29, 0.717) is 16.3 Å². The molecular formula is C16H16ClFO2. The minimum atomic E-state index is -0.520. The molecule has 0 aliphatic heterocycles. The Morgan fingerprint density at radius 2 is 2.00 bits per heavy atom. The third kappa shape index (κ3) is 3.50.